The highest BCUT2D eigenvalue weighted by Crippen LogP contribution is 2.37. The minimum absolute atomic E-state index is 0.130. The van der Waals surface area contributed by atoms with Gasteiger partial charge in [-0.25, -0.2) is 4.98 Å². The van der Waals surface area contributed by atoms with E-state index in [2.05, 4.69) is 16.9 Å². The molecule has 0 unspecified atom stereocenters. The lowest BCUT2D eigenvalue weighted by Crippen LogP contribution is -2.07. The number of rotatable bonds is 4. The number of nitrogens with two attached hydrogens (primary N) is 2. The molecule has 1 amide bonds. The van der Waals surface area contributed by atoms with Crippen molar-refractivity contribution in [3.8, 4) is 11.5 Å². The van der Waals surface area contributed by atoms with Crippen LogP contribution in [0.3, 0.4) is 0 Å². The molecule has 0 aliphatic rings. The smallest absolute Gasteiger partial charge is 0.247 e. The first-order valence-electron chi connectivity index (χ1n) is 5.92. The Bertz CT molecular complexity index is 703. The maximum Gasteiger partial charge on any atom is 0.247 e. The maximum atomic E-state index is 11.3. The van der Waals surface area contributed by atoms with Gasteiger partial charge in [-0.1, -0.05) is 24.2 Å². The number of benzene rings is 1. The normalized spacial score (nSPS) is 9.95. The second kappa shape index (κ2) is 6.15. The van der Waals surface area contributed by atoms with Crippen molar-refractivity contribution in [2.75, 3.05) is 16.8 Å². The number of pyridine rings is 1. The van der Waals surface area contributed by atoms with E-state index in [9.17, 15) is 4.79 Å². The molecular weight excluding hydrogens is 292 g/mol. The predicted octanol–water partition coefficient (Wildman–Crippen LogP) is 2.82. The summed E-state index contributed by atoms with van der Waals surface area (Å²) in [4.78, 5) is 15.1. The molecule has 7 heteroatoms. The molecule has 0 spiro atoms. The van der Waals surface area contributed by atoms with Gasteiger partial charge in [0.05, 0.1) is 6.20 Å². The van der Waals surface area contributed by atoms with Crippen LogP contribution < -0.4 is 21.5 Å². The van der Waals surface area contributed by atoms with E-state index >= 15 is 0 Å². The van der Waals surface area contributed by atoms with Crippen LogP contribution in [0.1, 0.15) is 0 Å². The van der Waals surface area contributed by atoms with Gasteiger partial charge in [-0.2, -0.15) is 0 Å². The molecular formula is C14H13ClN4O2. The van der Waals surface area contributed by atoms with Gasteiger partial charge in [0, 0.05) is 11.8 Å². The number of hydrogen-bond acceptors (Lipinski definition) is 5. The molecule has 0 fully saturated rings. The lowest BCUT2D eigenvalue weighted by Gasteiger charge is -2.12. The molecule has 5 N–H and O–H groups in total. The van der Waals surface area contributed by atoms with Crippen molar-refractivity contribution >= 4 is 34.7 Å². The van der Waals surface area contributed by atoms with Crippen molar-refractivity contribution in [1.29, 1.82) is 0 Å². The Morgan fingerprint density at radius 1 is 1.43 bits per heavy atom. The highest BCUT2D eigenvalue weighted by atomic mass is 35.5. The van der Waals surface area contributed by atoms with Gasteiger partial charge < -0.3 is 21.5 Å². The quantitative estimate of drug-likeness (QED) is 0.754. The molecule has 0 bridgehead atoms. The number of nitrogen functional groups attached to an aromatic ring is 2. The zero-order valence-electron chi connectivity index (χ0n) is 11.0. The number of carbonyl (C=O) groups is 1. The number of anilines is 3. The van der Waals surface area contributed by atoms with E-state index in [1.165, 1.54) is 12.3 Å². The standard InChI is InChI=1S/C14H13ClN4O2/c1-2-11(20)19-8-4-3-5-9(6-8)21-13-10(15)7-18-14(17)12(13)16/h2-7H,1,16H2,(H2,17,18)(H,19,20). The number of nitrogens with one attached hydrogen (secondary N) is 1. The number of ether oxygens (including phenoxy) is 1. The van der Waals surface area contributed by atoms with Crippen molar-refractivity contribution in [3.63, 3.8) is 0 Å². The molecule has 1 aromatic heterocycles. The Morgan fingerprint density at radius 2 is 2.19 bits per heavy atom. The van der Waals surface area contributed by atoms with Gasteiger partial charge >= 0.3 is 0 Å². The first kappa shape index (κ1) is 14.7. The van der Waals surface area contributed by atoms with Crippen LogP contribution in [0, 0.1) is 0 Å². The molecule has 0 saturated heterocycles. The summed E-state index contributed by atoms with van der Waals surface area (Å²) >= 11 is 5.99. The van der Waals surface area contributed by atoms with E-state index < -0.39 is 0 Å². The summed E-state index contributed by atoms with van der Waals surface area (Å²) in [7, 11) is 0. The van der Waals surface area contributed by atoms with Gasteiger partial charge in [0.2, 0.25) is 5.91 Å². The highest BCUT2D eigenvalue weighted by Gasteiger charge is 2.12. The van der Waals surface area contributed by atoms with Gasteiger partial charge in [0.25, 0.3) is 0 Å². The molecule has 0 aliphatic heterocycles. The van der Waals surface area contributed by atoms with E-state index in [4.69, 9.17) is 27.8 Å². The van der Waals surface area contributed by atoms with E-state index in [-0.39, 0.29) is 28.2 Å². The fraction of sp³-hybridized carbons (Fsp3) is 0. The molecule has 2 aromatic rings. The van der Waals surface area contributed by atoms with Crippen LogP contribution in [0.5, 0.6) is 11.5 Å². The van der Waals surface area contributed by atoms with E-state index in [1.807, 2.05) is 0 Å². The SMILES string of the molecule is C=CC(=O)Nc1cccc(Oc2c(Cl)cnc(N)c2N)c1. The van der Waals surface area contributed by atoms with Crippen LogP contribution in [0.2, 0.25) is 5.02 Å². The lowest BCUT2D eigenvalue weighted by molar-refractivity contribution is -0.111. The third-order valence-corrected chi connectivity index (χ3v) is 2.83. The fourth-order valence-corrected chi connectivity index (χ4v) is 1.74. The van der Waals surface area contributed by atoms with Crippen LogP contribution in [0.15, 0.2) is 43.1 Å². The zero-order chi connectivity index (χ0) is 15.4. The van der Waals surface area contributed by atoms with E-state index in [0.29, 0.717) is 11.4 Å². The van der Waals surface area contributed by atoms with Crippen molar-refractivity contribution in [3.05, 3.63) is 48.1 Å². The van der Waals surface area contributed by atoms with Gasteiger partial charge in [-0.15, -0.1) is 0 Å². The summed E-state index contributed by atoms with van der Waals surface area (Å²) in [5, 5.41) is 2.86. The monoisotopic (exact) mass is 304 g/mol. The van der Waals surface area contributed by atoms with Crippen LogP contribution in [0.25, 0.3) is 0 Å². The molecule has 0 radical (unpaired) electrons. The lowest BCUT2D eigenvalue weighted by atomic mass is 10.3. The highest BCUT2D eigenvalue weighted by molar-refractivity contribution is 6.32. The molecule has 108 valence electrons. The summed E-state index contributed by atoms with van der Waals surface area (Å²) in [6.45, 7) is 3.38. The van der Waals surface area contributed by atoms with Crippen molar-refractivity contribution in [2.45, 2.75) is 0 Å². The topological polar surface area (TPSA) is 103 Å². The molecule has 1 aromatic carbocycles. The third-order valence-electron chi connectivity index (χ3n) is 2.56. The largest absolute Gasteiger partial charge is 0.453 e. The molecule has 1 heterocycles. The van der Waals surface area contributed by atoms with Gasteiger partial charge in [0.15, 0.2) is 11.6 Å². The van der Waals surface area contributed by atoms with Crippen molar-refractivity contribution in [1.82, 2.24) is 4.98 Å². The summed E-state index contributed by atoms with van der Waals surface area (Å²) in [6, 6.07) is 6.73. The molecule has 0 saturated carbocycles. The Kier molecular flexibility index (Phi) is 4.30. The average molecular weight is 305 g/mol. The number of carbonyl (C=O) groups excluding carboxylic acids is 1. The first-order valence-corrected chi connectivity index (χ1v) is 6.30. The number of halogens is 1. The van der Waals surface area contributed by atoms with E-state index in [1.54, 1.807) is 24.3 Å². The van der Waals surface area contributed by atoms with Crippen LogP contribution in [-0.2, 0) is 4.79 Å². The first-order chi connectivity index (χ1) is 10.0. The predicted molar refractivity (Wildman–Crippen MR) is 83.4 cm³/mol. The Morgan fingerprint density at radius 3 is 2.90 bits per heavy atom. The van der Waals surface area contributed by atoms with Gasteiger partial charge in [-0.3, -0.25) is 4.79 Å². The molecule has 0 atom stereocenters. The number of nitrogens with zero attached hydrogens (tertiary/aromatic N) is 1. The summed E-state index contributed by atoms with van der Waals surface area (Å²) in [5.74, 6) is 0.468. The number of aromatic nitrogens is 1. The van der Waals surface area contributed by atoms with E-state index in [0.717, 1.165) is 0 Å². The fourth-order valence-electron chi connectivity index (χ4n) is 1.55. The molecule has 21 heavy (non-hydrogen) atoms. The van der Waals surface area contributed by atoms with Crippen LogP contribution in [0.4, 0.5) is 17.2 Å². The maximum absolute atomic E-state index is 11.3. The van der Waals surface area contributed by atoms with Crippen molar-refractivity contribution in [2.24, 2.45) is 0 Å². The second-order valence-electron chi connectivity index (χ2n) is 4.06. The number of amides is 1. The van der Waals surface area contributed by atoms with Gasteiger partial charge in [-0.05, 0) is 18.2 Å². The van der Waals surface area contributed by atoms with Gasteiger partial charge in [0.1, 0.15) is 16.5 Å². The summed E-state index contributed by atoms with van der Waals surface area (Å²) in [6.07, 6.45) is 2.53. The zero-order valence-corrected chi connectivity index (χ0v) is 11.7. The molecule has 2 rings (SSSR count). The Hall–Kier alpha value is -2.73. The van der Waals surface area contributed by atoms with Crippen LogP contribution >= 0.6 is 11.6 Å². The van der Waals surface area contributed by atoms with Crippen molar-refractivity contribution < 1.29 is 9.53 Å². The summed E-state index contributed by atoms with van der Waals surface area (Å²) in [5.41, 5.74) is 12.1. The minimum Gasteiger partial charge on any atom is -0.453 e. The van der Waals surface area contributed by atoms with Crippen LogP contribution in [-0.4, -0.2) is 10.9 Å². The number of hydrogen-bond donors (Lipinski definition) is 3. The third kappa shape index (κ3) is 3.43. The average Bonchev–Trinajstić information content (AvgIpc) is 2.48. The Labute approximate surface area is 126 Å². The summed E-state index contributed by atoms with van der Waals surface area (Å²) < 4.78 is 5.62. The molecule has 0 aliphatic carbocycles. The minimum atomic E-state index is -0.321. The Balaban J connectivity index is 2.28. The molecule has 6 nitrogen and oxygen atoms in total. The second-order valence-corrected chi connectivity index (χ2v) is 4.46.